The van der Waals surface area contributed by atoms with E-state index in [1.54, 1.807) is 6.92 Å². The van der Waals surface area contributed by atoms with Gasteiger partial charge in [-0.1, -0.05) is 0 Å². The first-order chi connectivity index (χ1) is 8.97. The van der Waals surface area contributed by atoms with Crippen molar-refractivity contribution in [1.82, 2.24) is 10.2 Å². The molecule has 0 radical (unpaired) electrons. The summed E-state index contributed by atoms with van der Waals surface area (Å²) in [4.78, 5) is 11.9. The summed E-state index contributed by atoms with van der Waals surface area (Å²) < 4.78 is 13.5. The quantitative estimate of drug-likeness (QED) is 0.889. The number of hydrogen-bond acceptors (Lipinski definition) is 4. The summed E-state index contributed by atoms with van der Waals surface area (Å²) >= 11 is 3.07. The molecule has 7 heteroatoms. The number of nitrogen functional groups attached to an aromatic ring is 1. The Bertz CT molecular complexity index is 630. The molecule has 1 aromatic carbocycles. The number of nitrogens with two attached hydrogens (primary N) is 1. The van der Waals surface area contributed by atoms with E-state index in [-0.39, 0.29) is 21.8 Å². The molecule has 0 fully saturated rings. The van der Waals surface area contributed by atoms with Gasteiger partial charge in [-0.25, -0.2) is 4.39 Å². The van der Waals surface area contributed by atoms with Crippen LogP contribution < -0.4 is 11.1 Å². The number of aromatic nitrogens is 2. The molecule has 5 nitrogen and oxygen atoms in total. The van der Waals surface area contributed by atoms with Gasteiger partial charge in [0.25, 0.3) is 5.91 Å². The Balaban J connectivity index is 2.24. The lowest BCUT2D eigenvalue weighted by Crippen LogP contribution is -2.15. The molecular weight excluding hydrogens is 315 g/mol. The van der Waals surface area contributed by atoms with E-state index < -0.39 is 5.91 Å². The van der Waals surface area contributed by atoms with Crippen LogP contribution in [0.5, 0.6) is 0 Å². The van der Waals surface area contributed by atoms with Crippen molar-refractivity contribution in [3.05, 3.63) is 45.8 Å². The third-order valence-corrected chi connectivity index (χ3v) is 3.04. The number of hydrogen-bond donors (Lipinski definition) is 2. The smallest absolute Gasteiger partial charge is 0.276 e. The zero-order valence-electron chi connectivity index (χ0n) is 9.95. The molecule has 0 unspecified atom stereocenters. The van der Waals surface area contributed by atoms with Crippen LogP contribution in [0.25, 0.3) is 0 Å². The lowest BCUT2D eigenvalue weighted by atomic mass is 10.2. The van der Waals surface area contributed by atoms with Gasteiger partial charge in [0, 0.05) is 5.69 Å². The summed E-state index contributed by atoms with van der Waals surface area (Å²) in [7, 11) is 0. The van der Waals surface area contributed by atoms with Crippen LogP contribution in [0.1, 0.15) is 16.1 Å². The number of carbonyl (C=O) groups excluding carboxylic acids is 1. The minimum atomic E-state index is -0.436. The van der Waals surface area contributed by atoms with Gasteiger partial charge in [-0.3, -0.25) is 4.79 Å². The summed E-state index contributed by atoms with van der Waals surface area (Å²) in [6.07, 6.45) is 0. The molecule has 0 spiro atoms. The average Bonchev–Trinajstić information content (AvgIpc) is 2.36. The van der Waals surface area contributed by atoms with Gasteiger partial charge in [0.1, 0.15) is 11.6 Å². The predicted molar refractivity (Wildman–Crippen MR) is 73.2 cm³/mol. The molecule has 0 aliphatic carbocycles. The second kappa shape index (κ2) is 5.31. The number of carbonyl (C=O) groups is 1. The van der Waals surface area contributed by atoms with Crippen molar-refractivity contribution < 1.29 is 9.18 Å². The fourth-order valence-electron chi connectivity index (χ4n) is 1.43. The molecule has 1 heterocycles. The minimum absolute atomic E-state index is 0.133. The van der Waals surface area contributed by atoms with Crippen molar-refractivity contribution in [3.63, 3.8) is 0 Å². The number of nitrogens with one attached hydrogen (secondary N) is 1. The van der Waals surface area contributed by atoms with Crippen molar-refractivity contribution in [2.75, 3.05) is 11.1 Å². The van der Waals surface area contributed by atoms with E-state index in [2.05, 4.69) is 31.4 Å². The van der Waals surface area contributed by atoms with E-state index in [1.165, 1.54) is 24.3 Å². The second-order valence-electron chi connectivity index (χ2n) is 3.88. The van der Waals surface area contributed by atoms with Crippen molar-refractivity contribution >= 4 is 33.3 Å². The fraction of sp³-hybridized carbons (Fsp3) is 0.0833. The first-order valence-corrected chi connectivity index (χ1v) is 6.13. The van der Waals surface area contributed by atoms with Gasteiger partial charge in [-0.15, -0.1) is 10.2 Å². The first kappa shape index (κ1) is 13.4. The molecule has 98 valence electrons. The Hall–Kier alpha value is -2.02. The van der Waals surface area contributed by atoms with Crippen LogP contribution >= 0.6 is 15.9 Å². The molecule has 1 amide bonds. The van der Waals surface area contributed by atoms with E-state index in [0.29, 0.717) is 11.3 Å². The monoisotopic (exact) mass is 324 g/mol. The third kappa shape index (κ3) is 3.05. The number of amides is 1. The highest BCUT2D eigenvalue weighted by atomic mass is 79.9. The summed E-state index contributed by atoms with van der Waals surface area (Å²) in [5, 5.41) is 9.90. The topological polar surface area (TPSA) is 80.9 Å². The number of nitrogens with zero attached hydrogens (tertiary/aromatic N) is 2. The van der Waals surface area contributed by atoms with Crippen LogP contribution in [0.2, 0.25) is 0 Å². The van der Waals surface area contributed by atoms with Crippen molar-refractivity contribution in [2.45, 2.75) is 6.92 Å². The number of benzene rings is 1. The van der Waals surface area contributed by atoms with Crippen LogP contribution in [0.4, 0.5) is 15.9 Å². The highest BCUT2D eigenvalue weighted by Crippen LogP contribution is 2.24. The van der Waals surface area contributed by atoms with Crippen molar-refractivity contribution in [2.24, 2.45) is 0 Å². The number of halogens is 2. The Kier molecular flexibility index (Phi) is 3.75. The molecule has 0 aliphatic heterocycles. The summed E-state index contributed by atoms with van der Waals surface area (Å²) in [6, 6.07) is 5.77. The zero-order chi connectivity index (χ0) is 14.0. The molecule has 3 N–H and O–H groups in total. The summed E-state index contributed by atoms with van der Waals surface area (Å²) in [5.74, 6) is -0.589. The molecular formula is C12H10BrFN4O. The molecule has 0 aliphatic rings. The highest BCUT2D eigenvalue weighted by molar-refractivity contribution is 9.10. The van der Waals surface area contributed by atoms with Gasteiger partial charge >= 0.3 is 0 Å². The van der Waals surface area contributed by atoms with Gasteiger partial charge in [0.2, 0.25) is 0 Å². The van der Waals surface area contributed by atoms with Crippen LogP contribution in [0.15, 0.2) is 28.7 Å². The van der Waals surface area contributed by atoms with Crippen LogP contribution in [-0.2, 0) is 0 Å². The maximum atomic E-state index is 13.3. The van der Waals surface area contributed by atoms with Crippen molar-refractivity contribution in [3.8, 4) is 0 Å². The summed E-state index contributed by atoms with van der Waals surface area (Å²) in [6.45, 7) is 1.69. The Morgan fingerprint density at radius 1 is 1.37 bits per heavy atom. The molecule has 2 rings (SSSR count). The molecule has 0 saturated heterocycles. The highest BCUT2D eigenvalue weighted by Gasteiger charge is 2.11. The van der Waals surface area contributed by atoms with Gasteiger partial charge in [-0.2, -0.15) is 0 Å². The molecule has 0 atom stereocenters. The molecule has 0 bridgehead atoms. The first-order valence-electron chi connectivity index (χ1n) is 5.33. The standard InChI is InChI=1S/C12H10BrFN4O/c1-6-4-8(14)7(13)5-10(6)16-12(19)9-2-3-11(15)18-17-9/h2-5H,1H3,(H2,15,18)(H,16,19). The van der Waals surface area contributed by atoms with E-state index in [4.69, 9.17) is 5.73 Å². The lowest BCUT2D eigenvalue weighted by molar-refractivity contribution is 0.102. The van der Waals surface area contributed by atoms with Crippen LogP contribution in [0.3, 0.4) is 0 Å². The third-order valence-electron chi connectivity index (χ3n) is 2.43. The Labute approximate surface area is 117 Å². The molecule has 1 aromatic heterocycles. The SMILES string of the molecule is Cc1cc(F)c(Br)cc1NC(=O)c1ccc(N)nn1. The molecule has 2 aromatic rings. The maximum absolute atomic E-state index is 13.3. The van der Waals surface area contributed by atoms with Crippen LogP contribution in [0, 0.1) is 12.7 Å². The van der Waals surface area contributed by atoms with Gasteiger partial charge < -0.3 is 11.1 Å². The Morgan fingerprint density at radius 3 is 2.74 bits per heavy atom. The van der Waals surface area contributed by atoms with E-state index >= 15 is 0 Å². The number of anilines is 2. The largest absolute Gasteiger partial charge is 0.382 e. The van der Waals surface area contributed by atoms with E-state index in [0.717, 1.165) is 0 Å². The van der Waals surface area contributed by atoms with Gasteiger partial charge in [0.05, 0.1) is 4.47 Å². The number of rotatable bonds is 2. The predicted octanol–water partition coefficient (Wildman–Crippen LogP) is 2.52. The van der Waals surface area contributed by atoms with E-state index in [1.807, 2.05) is 0 Å². The normalized spacial score (nSPS) is 10.3. The Morgan fingerprint density at radius 2 is 2.11 bits per heavy atom. The fourth-order valence-corrected chi connectivity index (χ4v) is 1.77. The molecule has 0 saturated carbocycles. The summed E-state index contributed by atoms with van der Waals surface area (Å²) in [5.41, 5.74) is 6.63. The second-order valence-corrected chi connectivity index (χ2v) is 4.73. The number of aryl methyl sites for hydroxylation is 1. The van der Waals surface area contributed by atoms with E-state index in [9.17, 15) is 9.18 Å². The zero-order valence-corrected chi connectivity index (χ0v) is 11.5. The van der Waals surface area contributed by atoms with Gasteiger partial charge in [0.15, 0.2) is 5.69 Å². The minimum Gasteiger partial charge on any atom is -0.382 e. The van der Waals surface area contributed by atoms with Gasteiger partial charge in [-0.05, 0) is 52.7 Å². The lowest BCUT2D eigenvalue weighted by Gasteiger charge is -2.09. The maximum Gasteiger partial charge on any atom is 0.276 e. The molecule has 19 heavy (non-hydrogen) atoms. The van der Waals surface area contributed by atoms with Crippen molar-refractivity contribution in [1.29, 1.82) is 0 Å². The average molecular weight is 325 g/mol. The van der Waals surface area contributed by atoms with Crippen LogP contribution in [-0.4, -0.2) is 16.1 Å².